The first-order valence-electron chi connectivity index (χ1n) is 5.47. The predicted molar refractivity (Wildman–Crippen MR) is 80.4 cm³/mol. The van der Waals surface area contributed by atoms with Gasteiger partial charge in [0.1, 0.15) is 0 Å². The number of carbonyl (C=O) groups excluding carboxylic acids is 1. The molecule has 1 rings (SSSR count). The summed E-state index contributed by atoms with van der Waals surface area (Å²) < 4.78 is 22.6. The molecule has 0 fully saturated rings. The SMILES string of the molecule is CC(C)(CNC(=O)c1ccc(Cl)cc1Br)S(C)(=O)=O. The lowest BCUT2D eigenvalue weighted by Gasteiger charge is -2.22. The molecule has 0 saturated carbocycles. The van der Waals surface area contributed by atoms with Crippen molar-refractivity contribution in [3.8, 4) is 0 Å². The molecular formula is C12H15BrClNO3S. The molecule has 1 amide bonds. The topological polar surface area (TPSA) is 63.2 Å². The molecule has 0 radical (unpaired) electrons. The Balaban J connectivity index is 2.82. The molecule has 106 valence electrons. The summed E-state index contributed by atoms with van der Waals surface area (Å²) in [6.45, 7) is 3.18. The lowest BCUT2D eigenvalue weighted by molar-refractivity contribution is 0.0950. The van der Waals surface area contributed by atoms with Crippen molar-refractivity contribution in [3.05, 3.63) is 33.3 Å². The van der Waals surface area contributed by atoms with Crippen molar-refractivity contribution in [3.63, 3.8) is 0 Å². The highest BCUT2D eigenvalue weighted by atomic mass is 79.9. The maximum Gasteiger partial charge on any atom is 0.252 e. The Bertz CT molecular complexity index is 599. The number of sulfone groups is 1. The van der Waals surface area contributed by atoms with Crippen LogP contribution in [-0.4, -0.2) is 31.9 Å². The fraction of sp³-hybridized carbons (Fsp3) is 0.417. The summed E-state index contributed by atoms with van der Waals surface area (Å²) in [5, 5.41) is 3.13. The average Bonchev–Trinajstić information content (AvgIpc) is 2.24. The van der Waals surface area contributed by atoms with Gasteiger partial charge in [-0.2, -0.15) is 0 Å². The summed E-state index contributed by atoms with van der Waals surface area (Å²) in [6.07, 6.45) is 1.15. The van der Waals surface area contributed by atoms with Gasteiger partial charge in [-0.15, -0.1) is 0 Å². The first-order valence-corrected chi connectivity index (χ1v) is 8.54. The largest absolute Gasteiger partial charge is 0.350 e. The highest BCUT2D eigenvalue weighted by molar-refractivity contribution is 9.10. The monoisotopic (exact) mass is 367 g/mol. The Labute approximate surface area is 126 Å². The molecular weight excluding hydrogens is 354 g/mol. The third-order valence-corrected chi connectivity index (χ3v) is 5.90. The molecule has 0 aliphatic carbocycles. The first kappa shape index (κ1) is 16.5. The predicted octanol–water partition coefficient (Wildman–Crippen LogP) is 2.66. The van der Waals surface area contributed by atoms with Crippen LogP contribution in [-0.2, 0) is 9.84 Å². The zero-order valence-electron chi connectivity index (χ0n) is 10.8. The molecule has 0 aliphatic heterocycles. The van der Waals surface area contributed by atoms with E-state index in [4.69, 9.17) is 11.6 Å². The van der Waals surface area contributed by atoms with Crippen molar-refractivity contribution in [2.45, 2.75) is 18.6 Å². The van der Waals surface area contributed by atoms with Crippen molar-refractivity contribution < 1.29 is 13.2 Å². The minimum absolute atomic E-state index is 0.0414. The minimum atomic E-state index is -3.24. The van der Waals surface area contributed by atoms with Crippen LogP contribution in [0.2, 0.25) is 5.02 Å². The third kappa shape index (κ3) is 4.19. The van der Waals surface area contributed by atoms with Gasteiger partial charge >= 0.3 is 0 Å². The number of rotatable bonds is 4. The second-order valence-corrected chi connectivity index (χ2v) is 8.78. The van der Waals surface area contributed by atoms with E-state index in [2.05, 4.69) is 21.2 Å². The van der Waals surface area contributed by atoms with E-state index in [1.54, 1.807) is 32.0 Å². The zero-order chi connectivity index (χ0) is 14.8. The van der Waals surface area contributed by atoms with Gasteiger partial charge in [0, 0.05) is 22.3 Å². The molecule has 0 bridgehead atoms. The van der Waals surface area contributed by atoms with Gasteiger partial charge in [0.25, 0.3) is 5.91 Å². The third-order valence-electron chi connectivity index (χ3n) is 2.85. The molecule has 4 nitrogen and oxygen atoms in total. The number of hydrogen-bond donors (Lipinski definition) is 1. The van der Waals surface area contributed by atoms with Crippen LogP contribution in [0.1, 0.15) is 24.2 Å². The van der Waals surface area contributed by atoms with Crippen LogP contribution in [0.15, 0.2) is 22.7 Å². The van der Waals surface area contributed by atoms with E-state index in [1.165, 1.54) is 0 Å². The molecule has 19 heavy (non-hydrogen) atoms. The second kappa shape index (κ2) is 5.81. The van der Waals surface area contributed by atoms with Crippen molar-refractivity contribution >= 4 is 43.3 Å². The van der Waals surface area contributed by atoms with Gasteiger partial charge in [0.05, 0.1) is 10.3 Å². The number of benzene rings is 1. The maximum atomic E-state index is 12.0. The van der Waals surface area contributed by atoms with Crippen molar-refractivity contribution in [2.75, 3.05) is 12.8 Å². The van der Waals surface area contributed by atoms with Crippen molar-refractivity contribution in [1.29, 1.82) is 0 Å². The molecule has 1 N–H and O–H groups in total. The molecule has 0 unspecified atom stereocenters. The van der Waals surface area contributed by atoms with Crippen LogP contribution in [0.25, 0.3) is 0 Å². The standard InChI is InChI=1S/C12H15BrClNO3S/c1-12(2,19(3,17)18)7-15-11(16)9-5-4-8(14)6-10(9)13/h4-6H,7H2,1-3H3,(H,15,16). The van der Waals surface area contributed by atoms with Crippen LogP contribution >= 0.6 is 27.5 Å². The molecule has 0 aromatic heterocycles. The zero-order valence-corrected chi connectivity index (χ0v) is 14.0. The summed E-state index contributed by atoms with van der Waals surface area (Å²) in [4.78, 5) is 12.0. The van der Waals surface area contributed by atoms with E-state index >= 15 is 0 Å². The molecule has 0 saturated heterocycles. The van der Waals surface area contributed by atoms with Gasteiger partial charge < -0.3 is 5.32 Å². The molecule has 0 aliphatic rings. The van der Waals surface area contributed by atoms with Gasteiger partial charge in [-0.1, -0.05) is 11.6 Å². The van der Waals surface area contributed by atoms with Gasteiger partial charge in [-0.05, 0) is 48.0 Å². The van der Waals surface area contributed by atoms with Gasteiger partial charge in [0.2, 0.25) is 0 Å². The Morgan fingerprint density at radius 2 is 2.00 bits per heavy atom. The van der Waals surface area contributed by atoms with Crippen molar-refractivity contribution in [2.24, 2.45) is 0 Å². The quantitative estimate of drug-likeness (QED) is 0.888. The highest BCUT2D eigenvalue weighted by Gasteiger charge is 2.30. The smallest absolute Gasteiger partial charge is 0.252 e. The van der Waals surface area contributed by atoms with Crippen LogP contribution in [0.5, 0.6) is 0 Å². The number of carbonyl (C=O) groups is 1. The fourth-order valence-electron chi connectivity index (χ4n) is 1.19. The molecule has 0 atom stereocenters. The number of nitrogens with one attached hydrogen (secondary N) is 1. The van der Waals surface area contributed by atoms with Crippen LogP contribution in [0.3, 0.4) is 0 Å². The van der Waals surface area contributed by atoms with Gasteiger partial charge in [-0.3, -0.25) is 4.79 Å². The van der Waals surface area contributed by atoms with Crippen LogP contribution < -0.4 is 5.32 Å². The summed E-state index contributed by atoms with van der Waals surface area (Å²) >= 11 is 9.03. The second-order valence-electron chi connectivity index (χ2n) is 4.84. The molecule has 7 heteroatoms. The first-order chi connectivity index (χ1) is 8.54. The molecule has 0 heterocycles. The summed E-state index contributed by atoms with van der Waals surface area (Å²) in [5.74, 6) is -0.347. The number of halogens is 2. The Kier molecular flexibility index (Phi) is 5.03. The maximum absolute atomic E-state index is 12.0. The van der Waals surface area contributed by atoms with Crippen molar-refractivity contribution in [1.82, 2.24) is 5.32 Å². The minimum Gasteiger partial charge on any atom is -0.350 e. The van der Waals surface area contributed by atoms with Gasteiger partial charge in [0.15, 0.2) is 9.84 Å². The van der Waals surface area contributed by atoms with E-state index < -0.39 is 14.6 Å². The lowest BCUT2D eigenvalue weighted by Crippen LogP contribution is -2.43. The molecule has 0 spiro atoms. The number of amides is 1. The van der Waals surface area contributed by atoms with E-state index in [-0.39, 0.29) is 12.5 Å². The Hall–Kier alpha value is -0.590. The Morgan fingerprint density at radius 3 is 2.47 bits per heavy atom. The summed E-state index contributed by atoms with van der Waals surface area (Å²) in [6, 6.07) is 4.79. The average molecular weight is 369 g/mol. The highest BCUT2D eigenvalue weighted by Crippen LogP contribution is 2.22. The normalized spacial score (nSPS) is 12.3. The molecule has 1 aromatic carbocycles. The van der Waals surface area contributed by atoms with Crippen LogP contribution in [0, 0.1) is 0 Å². The van der Waals surface area contributed by atoms with E-state index in [0.717, 1.165) is 6.26 Å². The van der Waals surface area contributed by atoms with E-state index in [9.17, 15) is 13.2 Å². The fourth-order valence-corrected chi connectivity index (χ4v) is 2.39. The summed E-state index contributed by atoms with van der Waals surface area (Å²) in [7, 11) is -3.24. The van der Waals surface area contributed by atoms with E-state index in [0.29, 0.717) is 15.1 Å². The van der Waals surface area contributed by atoms with Crippen LogP contribution in [0.4, 0.5) is 0 Å². The van der Waals surface area contributed by atoms with Gasteiger partial charge in [-0.25, -0.2) is 8.42 Å². The van der Waals surface area contributed by atoms with E-state index in [1.807, 2.05) is 0 Å². The Morgan fingerprint density at radius 1 is 1.42 bits per heavy atom. The number of hydrogen-bond acceptors (Lipinski definition) is 3. The lowest BCUT2D eigenvalue weighted by atomic mass is 10.2. The molecule has 1 aromatic rings. The summed E-state index contributed by atoms with van der Waals surface area (Å²) in [5.41, 5.74) is 0.411.